The minimum atomic E-state index is -0.0121. The van der Waals surface area contributed by atoms with Crippen molar-refractivity contribution in [3.8, 4) is 0 Å². The summed E-state index contributed by atoms with van der Waals surface area (Å²) in [5.74, 6) is 1.71. The Hall–Kier alpha value is -2.59. The van der Waals surface area contributed by atoms with Gasteiger partial charge in [-0.25, -0.2) is 0 Å². The predicted molar refractivity (Wildman–Crippen MR) is 112 cm³/mol. The van der Waals surface area contributed by atoms with Gasteiger partial charge in [0.1, 0.15) is 0 Å². The molecule has 0 fully saturated rings. The second-order valence-electron chi connectivity index (χ2n) is 6.34. The van der Waals surface area contributed by atoms with Crippen LogP contribution in [0.1, 0.15) is 29.3 Å². The molecule has 1 aromatic heterocycles. The highest BCUT2D eigenvalue weighted by Crippen LogP contribution is 2.19. The molecule has 3 nitrogen and oxygen atoms in total. The van der Waals surface area contributed by atoms with E-state index in [1.54, 1.807) is 18.0 Å². The largest absolute Gasteiger partial charge is 0.349 e. The van der Waals surface area contributed by atoms with Gasteiger partial charge < -0.3 is 5.32 Å². The van der Waals surface area contributed by atoms with Gasteiger partial charge in [-0.2, -0.15) is 11.8 Å². The molecule has 1 N–H and O–H groups in total. The van der Waals surface area contributed by atoms with Gasteiger partial charge in [-0.15, -0.1) is 0 Å². The number of benzene rings is 2. The van der Waals surface area contributed by atoms with E-state index in [1.165, 1.54) is 5.56 Å². The smallest absolute Gasteiger partial charge is 0.221 e. The van der Waals surface area contributed by atoms with E-state index >= 15 is 0 Å². The minimum Gasteiger partial charge on any atom is -0.349 e. The van der Waals surface area contributed by atoms with Crippen molar-refractivity contribution in [3.63, 3.8) is 0 Å². The van der Waals surface area contributed by atoms with E-state index in [4.69, 9.17) is 0 Å². The van der Waals surface area contributed by atoms with Crippen molar-refractivity contribution in [2.75, 3.05) is 5.75 Å². The minimum absolute atomic E-state index is 0.0121. The molecule has 1 unspecified atom stereocenters. The Morgan fingerprint density at radius 3 is 2.33 bits per heavy atom. The molecule has 1 amide bonds. The maximum atomic E-state index is 12.5. The molecule has 1 atom stereocenters. The number of carbonyl (C=O) groups excluding carboxylic acids is 1. The van der Waals surface area contributed by atoms with Crippen LogP contribution in [0.5, 0.6) is 0 Å². The van der Waals surface area contributed by atoms with E-state index in [2.05, 4.69) is 34.6 Å². The van der Waals surface area contributed by atoms with Crippen molar-refractivity contribution in [1.82, 2.24) is 10.3 Å². The van der Waals surface area contributed by atoms with Crippen LogP contribution in [-0.2, 0) is 17.0 Å². The number of thioether (sulfide) groups is 1. The summed E-state index contributed by atoms with van der Waals surface area (Å²) in [6.07, 6.45) is 3.10. The second-order valence-corrected chi connectivity index (χ2v) is 7.45. The van der Waals surface area contributed by atoms with Crippen molar-refractivity contribution in [2.24, 2.45) is 0 Å². The highest BCUT2D eigenvalue weighted by atomic mass is 32.2. The molecular formula is C23H24N2OS. The molecule has 2 aromatic carbocycles. The molecule has 0 saturated carbocycles. The maximum Gasteiger partial charge on any atom is 0.221 e. The van der Waals surface area contributed by atoms with E-state index < -0.39 is 0 Å². The zero-order valence-corrected chi connectivity index (χ0v) is 16.1. The quantitative estimate of drug-likeness (QED) is 0.545. The second kappa shape index (κ2) is 10.5. The highest BCUT2D eigenvalue weighted by molar-refractivity contribution is 7.98. The standard InChI is InChI=1S/C23H24N2OS/c26-23(14-16-27-18-21-13-7-8-15-24-21)25-22(20-11-5-2-6-12-20)17-19-9-3-1-4-10-19/h1-13,15,22H,14,16-18H2,(H,25,26). The van der Waals surface area contributed by atoms with Crippen LogP contribution in [0.25, 0.3) is 0 Å². The first-order chi connectivity index (χ1) is 13.3. The Bertz CT molecular complexity index is 810. The van der Waals surface area contributed by atoms with Gasteiger partial charge in [0.05, 0.1) is 11.7 Å². The zero-order chi connectivity index (χ0) is 18.7. The molecule has 0 spiro atoms. The maximum absolute atomic E-state index is 12.5. The average molecular weight is 377 g/mol. The van der Waals surface area contributed by atoms with Crippen molar-refractivity contribution < 1.29 is 4.79 Å². The SMILES string of the molecule is O=C(CCSCc1ccccn1)NC(Cc1ccccc1)c1ccccc1. The van der Waals surface area contributed by atoms with E-state index in [1.807, 2.05) is 54.6 Å². The summed E-state index contributed by atoms with van der Waals surface area (Å²) in [7, 11) is 0. The summed E-state index contributed by atoms with van der Waals surface area (Å²) in [5, 5.41) is 3.21. The predicted octanol–water partition coefficient (Wildman–Crippen LogP) is 4.81. The molecule has 3 aromatic rings. The number of hydrogen-bond acceptors (Lipinski definition) is 3. The van der Waals surface area contributed by atoms with Crippen LogP contribution in [-0.4, -0.2) is 16.6 Å². The Balaban J connectivity index is 1.52. The molecule has 1 heterocycles. The number of rotatable bonds is 9. The lowest BCUT2D eigenvalue weighted by Crippen LogP contribution is -2.30. The lowest BCUT2D eigenvalue weighted by Gasteiger charge is -2.19. The summed E-state index contributed by atoms with van der Waals surface area (Å²) in [6.45, 7) is 0. The topological polar surface area (TPSA) is 42.0 Å². The van der Waals surface area contributed by atoms with Crippen molar-refractivity contribution in [2.45, 2.75) is 24.6 Å². The molecule has 3 rings (SSSR count). The van der Waals surface area contributed by atoms with E-state index in [0.717, 1.165) is 29.2 Å². The molecule has 4 heteroatoms. The van der Waals surface area contributed by atoms with Crippen LogP contribution in [0.15, 0.2) is 85.1 Å². The highest BCUT2D eigenvalue weighted by Gasteiger charge is 2.15. The number of amides is 1. The number of nitrogens with one attached hydrogen (secondary N) is 1. The van der Waals surface area contributed by atoms with Gasteiger partial charge in [-0.3, -0.25) is 9.78 Å². The van der Waals surface area contributed by atoms with Gasteiger partial charge >= 0.3 is 0 Å². The molecule has 0 aliphatic carbocycles. The fraction of sp³-hybridized carbons (Fsp3) is 0.217. The van der Waals surface area contributed by atoms with Crippen molar-refractivity contribution in [1.29, 1.82) is 0 Å². The molecule has 0 radical (unpaired) electrons. The van der Waals surface area contributed by atoms with Crippen LogP contribution in [0.4, 0.5) is 0 Å². The van der Waals surface area contributed by atoms with Crippen LogP contribution in [0.3, 0.4) is 0 Å². The Morgan fingerprint density at radius 2 is 1.63 bits per heavy atom. The Kier molecular flexibility index (Phi) is 7.48. The summed E-state index contributed by atoms with van der Waals surface area (Å²) < 4.78 is 0. The lowest BCUT2D eigenvalue weighted by atomic mass is 9.99. The zero-order valence-electron chi connectivity index (χ0n) is 15.3. The fourth-order valence-corrected chi connectivity index (χ4v) is 3.73. The third kappa shape index (κ3) is 6.57. The number of nitrogens with zero attached hydrogens (tertiary/aromatic N) is 1. The number of pyridine rings is 1. The summed E-state index contributed by atoms with van der Waals surface area (Å²) in [5.41, 5.74) is 3.40. The van der Waals surface area contributed by atoms with E-state index in [9.17, 15) is 4.79 Å². The molecule has 27 heavy (non-hydrogen) atoms. The van der Waals surface area contributed by atoms with Gasteiger partial charge in [-0.1, -0.05) is 66.7 Å². The summed E-state index contributed by atoms with van der Waals surface area (Å²) >= 11 is 1.74. The van der Waals surface area contributed by atoms with Crippen LogP contribution >= 0.6 is 11.8 Å². The van der Waals surface area contributed by atoms with Crippen LogP contribution < -0.4 is 5.32 Å². The fourth-order valence-electron chi connectivity index (χ4n) is 2.88. The Morgan fingerprint density at radius 1 is 0.926 bits per heavy atom. The summed E-state index contributed by atoms with van der Waals surface area (Å²) in [4.78, 5) is 16.8. The van der Waals surface area contributed by atoms with Crippen molar-refractivity contribution in [3.05, 3.63) is 102 Å². The van der Waals surface area contributed by atoms with Gasteiger partial charge in [0.25, 0.3) is 0 Å². The third-order valence-electron chi connectivity index (χ3n) is 4.27. The first-order valence-electron chi connectivity index (χ1n) is 9.17. The van der Waals surface area contributed by atoms with Gasteiger partial charge in [0.2, 0.25) is 5.91 Å². The third-order valence-corrected chi connectivity index (χ3v) is 5.26. The molecule has 0 saturated heterocycles. The first-order valence-corrected chi connectivity index (χ1v) is 10.3. The number of hydrogen-bond donors (Lipinski definition) is 1. The molecule has 0 aliphatic rings. The Labute approximate surface area is 165 Å². The van der Waals surface area contributed by atoms with Gasteiger partial charge in [0.15, 0.2) is 0 Å². The molecule has 0 bridgehead atoms. The van der Waals surface area contributed by atoms with Gasteiger partial charge in [0, 0.05) is 24.1 Å². The van der Waals surface area contributed by atoms with Crippen LogP contribution in [0.2, 0.25) is 0 Å². The monoisotopic (exact) mass is 376 g/mol. The average Bonchev–Trinajstić information content (AvgIpc) is 2.73. The van der Waals surface area contributed by atoms with Crippen LogP contribution in [0, 0.1) is 0 Å². The summed E-state index contributed by atoms with van der Waals surface area (Å²) in [6, 6.07) is 26.4. The van der Waals surface area contributed by atoms with E-state index in [-0.39, 0.29) is 11.9 Å². The van der Waals surface area contributed by atoms with Gasteiger partial charge in [-0.05, 0) is 29.7 Å². The molecule has 0 aliphatic heterocycles. The number of carbonyl (C=O) groups is 1. The number of aromatic nitrogens is 1. The molecule has 138 valence electrons. The molecular weight excluding hydrogens is 352 g/mol. The first kappa shape index (κ1) is 19.2. The van der Waals surface area contributed by atoms with Crippen molar-refractivity contribution >= 4 is 17.7 Å². The van der Waals surface area contributed by atoms with E-state index in [0.29, 0.717) is 6.42 Å². The normalized spacial score (nSPS) is 11.7. The lowest BCUT2D eigenvalue weighted by molar-refractivity contribution is -0.121.